The van der Waals surface area contributed by atoms with Gasteiger partial charge >= 0.3 is 0 Å². The van der Waals surface area contributed by atoms with E-state index in [-0.39, 0.29) is 11.9 Å². The molecular weight excluding hydrogens is 404 g/mol. The van der Waals surface area contributed by atoms with E-state index in [2.05, 4.69) is 49.5 Å². The Balaban J connectivity index is 1.73. The zero-order valence-electron chi connectivity index (χ0n) is 19.7. The lowest BCUT2D eigenvalue weighted by molar-refractivity contribution is 0.0661. The Kier molecular flexibility index (Phi) is 8.94. The molecule has 0 radical (unpaired) electrons. The van der Waals surface area contributed by atoms with Crippen LogP contribution in [0.3, 0.4) is 0 Å². The maximum absolute atomic E-state index is 13.5. The summed E-state index contributed by atoms with van der Waals surface area (Å²) >= 11 is 0. The summed E-state index contributed by atoms with van der Waals surface area (Å²) in [5, 5.41) is 3.53. The van der Waals surface area contributed by atoms with Crippen LogP contribution in [-0.4, -0.2) is 63.9 Å². The van der Waals surface area contributed by atoms with Gasteiger partial charge in [0.2, 0.25) is 0 Å². The van der Waals surface area contributed by atoms with Crippen molar-refractivity contribution in [2.24, 2.45) is 11.8 Å². The molecule has 0 spiro atoms. The van der Waals surface area contributed by atoms with E-state index < -0.39 is 0 Å². The second-order valence-electron chi connectivity index (χ2n) is 8.63. The van der Waals surface area contributed by atoms with E-state index in [1.54, 1.807) is 26.4 Å². The first-order valence-corrected chi connectivity index (χ1v) is 11.4. The van der Waals surface area contributed by atoms with Crippen LogP contribution in [-0.2, 0) is 11.2 Å². The number of carbonyl (C=O) groups excluding carboxylic acids is 1. The molecule has 1 aliphatic rings. The highest BCUT2D eigenvalue weighted by molar-refractivity contribution is 5.95. The van der Waals surface area contributed by atoms with E-state index in [0.717, 1.165) is 26.1 Å². The lowest BCUT2D eigenvalue weighted by Gasteiger charge is -2.32. The largest absolute Gasteiger partial charge is 0.493 e. The molecule has 6 heteroatoms. The van der Waals surface area contributed by atoms with Gasteiger partial charge in [-0.1, -0.05) is 30.3 Å². The van der Waals surface area contributed by atoms with Gasteiger partial charge in [-0.05, 0) is 69.0 Å². The van der Waals surface area contributed by atoms with Gasteiger partial charge in [-0.15, -0.1) is 0 Å². The fourth-order valence-electron chi connectivity index (χ4n) is 4.26. The number of nitrogens with one attached hydrogen (secondary N) is 1. The molecule has 0 aliphatic carbocycles. The number of carbonyl (C=O) groups is 1. The molecule has 6 nitrogen and oxygen atoms in total. The average molecular weight is 441 g/mol. The van der Waals surface area contributed by atoms with Crippen LogP contribution < -0.4 is 14.8 Å². The van der Waals surface area contributed by atoms with Crippen LogP contribution in [0.15, 0.2) is 48.5 Å². The third-order valence-corrected chi connectivity index (χ3v) is 6.09. The molecule has 2 atom stereocenters. The van der Waals surface area contributed by atoms with Crippen molar-refractivity contribution in [1.82, 2.24) is 10.2 Å². The lowest BCUT2D eigenvalue weighted by atomic mass is 9.89. The molecule has 2 aromatic carbocycles. The summed E-state index contributed by atoms with van der Waals surface area (Å²) in [4.78, 5) is 15.5. The van der Waals surface area contributed by atoms with Crippen LogP contribution in [0.5, 0.6) is 11.5 Å². The predicted molar refractivity (Wildman–Crippen MR) is 127 cm³/mol. The van der Waals surface area contributed by atoms with Gasteiger partial charge in [0.05, 0.1) is 13.7 Å². The number of ether oxygens (including phenoxy) is 3. The number of amides is 1. The van der Waals surface area contributed by atoms with Crippen molar-refractivity contribution < 1.29 is 19.0 Å². The molecule has 1 fully saturated rings. The van der Waals surface area contributed by atoms with E-state index in [1.165, 1.54) is 5.56 Å². The minimum Gasteiger partial charge on any atom is -0.493 e. The van der Waals surface area contributed by atoms with Crippen LogP contribution >= 0.6 is 0 Å². The van der Waals surface area contributed by atoms with Gasteiger partial charge in [0.1, 0.15) is 6.61 Å². The highest BCUT2D eigenvalue weighted by Crippen LogP contribution is 2.30. The van der Waals surface area contributed by atoms with Gasteiger partial charge in [0.15, 0.2) is 11.5 Å². The second kappa shape index (κ2) is 11.9. The Labute approximate surface area is 191 Å². The monoisotopic (exact) mass is 440 g/mol. The Bertz CT molecular complexity index is 856. The van der Waals surface area contributed by atoms with Gasteiger partial charge in [-0.3, -0.25) is 4.79 Å². The van der Waals surface area contributed by atoms with Crippen molar-refractivity contribution >= 4 is 5.91 Å². The Hall–Kier alpha value is -2.57. The number of hydrogen-bond donors (Lipinski definition) is 1. The Morgan fingerprint density at radius 1 is 1.03 bits per heavy atom. The first-order chi connectivity index (χ1) is 15.5. The molecule has 1 saturated heterocycles. The molecular formula is C26H36N2O4. The molecule has 32 heavy (non-hydrogen) atoms. The SMILES string of the molecule is COCCOc1cc(C(=O)N(CC2CNCC2Cc2ccccc2)C(C)C)ccc1OC. The molecule has 3 rings (SSSR count). The van der Waals surface area contributed by atoms with E-state index in [1.807, 2.05) is 11.0 Å². The molecule has 2 aromatic rings. The van der Waals surface area contributed by atoms with E-state index in [4.69, 9.17) is 14.2 Å². The summed E-state index contributed by atoms with van der Waals surface area (Å²) in [6.45, 7) is 7.66. The van der Waals surface area contributed by atoms with E-state index in [0.29, 0.717) is 42.1 Å². The molecule has 2 unspecified atom stereocenters. The Morgan fingerprint density at radius 3 is 2.47 bits per heavy atom. The molecule has 0 aromatic heterocycles. The van der Waals surface area contributed by atoms with E-state index >= 15 is 0 Å². The first-order valence-electron chi connectivity index (χ1n) is 11.4. The van der Waals surface area contributed by atoms with Crippen LogP contribution in [0.25, 0.3) is 0 Å². The summed E-state index contributed by atoms with van der Waals surface area (Å²) in [5.74, 6) is 2.11. The molecule has 1 heterocycles. The molecule has 0 saturated carbocycles. The molecule has 1 aliphatic heterocycles. The number of hydrogen-bond acceptors (Lipinski definition) is 5. The van der Waals surface area contributed by atoms with Crippen molar-refractivity contribution in [3.8, 4) is 11.5 Å². The maximum atomic E-state index is 13.5. The van der Waals surface area contributed by atoms with Crippen LogP contribution in [0.1, 0.15) is 29.8 Å². The van der Waals surface area contributed by atoms with Crippen LogP contribution in [0.4, 0.5) is 0 Å². The number of benzene rings is 2. The Morgan fingerprint density at radius 2 is 1.78 bits per heavy atom. The van der Waals surface area contributed by atoms with Crippen molar-refractivity contribution in [3.63, 3.8) is 0 Å². The van der Waals surface area contributed by atoms with Gasteiger partial charge in [0.25, 0.3) is 5.91 Å². The van der Waals surface area contributed by atoms with Crippen molar-refractivity contribution in [2.45, 2.75) is 26.3 Å². The maximum Gasteiger partial charge on any atom is 0.254 e. The molecule has 1 amide bonds. The number of nitrogens with zero attached hydrogens (tertiary/aromatic N) is 1. The van der Waals surface area contributed by atoms with Crippen molar-refractivity contribution in [1.29, 1.82) is 0 Å². The van der Waals surface area contributed by atoms with Gasteiger partial charge < -0.3 is 24.4 Å². The minimum absolute atomic E-state index is 0.0182. The fourth-order valence-corrected chi connectivity index (χ4v) is 4.26. The average Bonchev–Trinajstić information content (AvgIpc) is 3.24. The predicted octanol–water partition coefficient (Wildman–Crippen LogP) is 3.65. The molecule has 1 N–H and O–H groups in total. The summed E-state index contributed by atoms with van der Waals surface area (Å²) in [6, 6.07) is 16.1. The standard InChI is InChI=1S/C26H36N2O4/c1-19(2)28(18-23-17-27-16-22(23)14-20-8-6-5-7-9-20)26(29)21-10-11-24(31-4)25(15-21)32-13-12-30-3/h5-11,15,19,22-23,27H,12-14,16-18H2,1-4H3. The third kappa shape index (κ3) is 6.24. The smallest absolute Gasteiger partial charge is 0.254 e. The highest BCUT2D eigenvalue weighted by atomic mass is 16.5. The first kappa shape index (κ1) is 24.1. The van der Waals surface area contributed by atoms with E-state index in [9.17, 15) is 4.79 Å². The quantitative estimate of drug-likeness (QED) is 0.541. The van der Waals surface area contributed by atoms with Gasteiger partial charge in [-0.2, -0.15) is 0 Å². The van der Waals surface area contributed by atoms with Crippen LogP contribution in [0, 0.1) is 11.8 Å². The van der Waals surface area contributed by atoms with Gasteiger partial charge in [-0.25, -0.2) is 0 Å². The fraction of sp³-hybridized carbons (Fsp3) is 0.500. The number of rotatable bonds is 11. The normalized spacial score (nSPS) is 18.0. The third-order valence-electron chi connectivity index (χ3n) is 6.09. The summed E-state index contributed by atoms with van der Waals surface area (Å²) < 4.78 is 16.2. The summed E-state index contributed by atoms with van der Waals surface area (Å²) in [7, 11) is 3.23. The van der Waals surface area contributed by atoms with Crippen molar-refractivity contribution in [3.05, 3.63) is 59.7 Å². The zero-order chi connectivity index (χ0) is 22.9. The molecule has 0 bridgehead atoms. The highest BCUT2D eigenvalue weighted by Gasteiger charge is 2.31. The van der Waals surface area contributed by atoms with Crippen molar-refractivity contribution in [2.75, 3.05) is 47.1 Å². The number of methoxy groups -OCH3 is 2. The lowest BCUT2D eigenvalue weighted by Crippen LogP contribution is -2.42. The summed E-state index contributed by atoms with van der Waals surface area (Å²) in [6.07, 6.45) is 1.03. The topological polar surface area (TPSA) is 60.0 Å². The van der Waals surface area contributed by atoms with Crippen LogP contribution in [0.2, 0.25) is 0 Å². The molecule has 174 valence electrons. The zero-order valence-corrected chi connectivity index (χ0v) is 19.7. The summed E-state index contributed by atoms with van der Waals surface area (Å²) in [5.41, 5.74) is 1.96. The second-order valence-corrected chi connectivity index (χ2v) is 8.63. The minimum atomic E-state index is 0.0182. The van der Waals surface area contributed by atoms with Gasteiger partial charge in [0, 0.05) is 25.3 Å².